The Morgan fingerprint density at radius 2 is 1.84 bits per heavy atom. The summed E-state index contributed by atoms with van der Waals surface area (Å²) in [6.07, 6.45) is 0. The maximum absolute atomic E-state index is 12.2. The van der Waals surface area contributed by atoms with E-state index in [1.165, 1.54) is 0 Å². The number of anilines is 1. The third-order valence-electron chi connectivity index (χ3n) is 2.96. The van der Waals surface area contributed by atoms with Crippen molar-refractivity contribution in [3.05, 3.63) is 51.4 Å². The van der Waals surface area contributed by atoms with Crippen LogP contribution in [-0.2, 0) is 0 Å². The van der Waals surface area contributed by atoms with Crippen molar-refractivity contribution in [3.63, 3.8) is 0 Å². The zero-order valence-electron chi connectivity index (χ0n) is 11.4. The number of furan rings is 1. The molecule has 4 heteroatoms. The third-order valence-corrected chi connectivity index (χ3v) is 3.25. The predicted molar refractivity (Wildman–Crippen MR) is 77.1 cm³/mol. The summed E-state index contributed by atoms with van der Waals surface area (Å²) in [5.41, 5.74) is 3.19. The molecule has 0 saturated carbocycles. The van der Waals surface area contributed by atoms with E-state index in [-0.39, 0.29) is 5.91 Å². The molecule has 0 fully saturated rings. The van der Waals surface area contributed by atoms with E-state index in [1.807, 2.05) is 32.9 Å². The average molecular weight is 278 g/mol. The summed E-state index contributed by atoms with van der Waals surface area (Å²) < 4.78 is 5.36. The number of carbonyl (C=O) groups is 1. The van der Waals surface area contributed by atoms with Crippen molar-refractivity contribution in [1.29, 1.82) is 0 Å². The second-order valence-corrected chi connectivity index (χ2v) is 5.13. The van der Waals surface area contributed by atoms with Gasteiger partial charge in [-0.1, -0.05) is 17.7 Å². The van der Waals surface area contributed by atoms with Crippen molar-refractivity contribution in [2.75, 3.05) is 5.32 Å². The molecule has 0 aliphatic rings. The van der Waals surface area contributed by atoms with Gasteiger partial charge in [-0.15, -0.1) is 0 Å². The van der Waals surface area contributed by atoms with Gasteiger partial charge in [-0.25, -0.2) is 0 Å². The molecule has 0 radical (unpaired) electrons. The lowest BCUT2D eigenvalue weighted by Gasteiger charge is -2.11. The first-order valence-electron chi connectivity index (χ1n) is 6.03. The lowest BCUT2D eigenvalue weighted by Crippen LogP contribution is -2.13. The molecule has 0 saturated heterocycles. The Morgan fingerprint density at radius 3 is 2.37 bits per heavy atom. The fourth-order valence-electron chi connectivity index (χ4n) is 2.11. The van der Waals surface area contributed by atoms with Crippen LogP contribution in [0.5, 0.6) is 0 Å². The molecular weight excluding hydrogens is 262 g/mol. The number of hydrogen-bond acceptors (Lipinski definition) is 2. The molecule has 0 aliphatic heterocycles. The van der Waals surface area contributed by atoms with Gasteiger partial charge in [-0.05, 0) is 51.0 Å². The summed E-state index contributed by atoms with van der Waals surface area (Å²) >= 11 is 6.17. The molecule has 0 aliphatic carbocycles. The second-order valence-electron chi connectivity index (χ2n) is 4.72. The average Bonchev–Trinajstić information content (AvgIpc) is 2.62. The molecule has 1 aromatic heterocycles. The van der Waals surface area contributed by atoms with Gasteiger partial charge in [0.2, 0.25) is 0 Å². The van der Waals surface area contributed by atoms with Gasteiger partial charge in [0, 0.05) is 0 Å². The molecule has 1 aromatic carbocycles. The van der Waals surface area contributed by atoms with Crippen LogP contribution in [0.25, 0.3) is 0 Å². The lowest BCUT2D eigenvalue weighted by atomic mass is 10.1. The predicted octanol–water partition coefficient (Wildman–Crippen LogP) is 4.42. The molecule has 19 heavy (non-hydrogen) atoms. The monoisotopic (exact) mass is 277 g/mol. The molecule has 0 spiro atoms. The number of hydrogen-bond donors (Lipinski definition) is 1. The van der Waals surface area contributed by atoms with E-state index in [9.17, 15) is 4.79 Å². The molecule has 1 heterocycles. The standard InChI is InChI=1S/C15H16ClNO2/c1-8-5-9(2)14(13(16)6-8)17-15(18)12-7-10(3)19-11(12)4/h5-7H,1-4H3,(H,17,18). The Balaban J connectivity index is 2.32. The maximum Gasteiger partial charge on any atom is 0.259 e. The van der Waals surface area contributed by atoms with E-state index in [2.05, 4.69) is 5.32 Å². The number of amides is 1. The van der Waals surface area contributed by atoms with Crippen LogP contribution in [0.3, 0.4) is 0 Å². The van der Waals surface area contributed by atoms with E-state index in [4.69, 9.17) is 16.0 Å². The zero-order chi connectivity index (χ0) is 14.2. The first-order valence-corrected chi connectivity index (χ1v) is 6.41. The zero-order valence-corrected chi connectivity index (χ0v) is 12.2. The Kier molecular flexibility index (Phi) is 3.67. The summed E-state index contributed by atoms with van der Waals surface area (Å²) in [5.74, 6) is 1.12. The minimum absolute atomic E-state index is 0.205. The smallest absolute Gasteiger partial charge is 0.259 e. The van der Waals surface area contributed by atoms with Gasteiger partial charge < -0.3 is 9.73 Å². The summed E-state index contributed by atoms with van der Waals surface area (Å²) in [6.45, 7) is 7.47. The molecule has 2 aromatic rings. The first-order chi connectivity index (χ1) is 8.88. The fourth-order valence-corrected chi connectivity index (χ4v) is 2.48. The van der Waals surface area contributed by atoms with Crippen molar-refractivity contribution in [1.82, 2.24) is 0 Å². The van der Waals surface area contributed by atoms with Gasteiger partial charge in [0.1, 0.15) is 11.5 Å². The SMILES string of the molecule is Cc1cc(C)c(NC(=O)c2cc(C)oc2C)c(Cl)c1. The minimum Gasteiger partial charge on any atom is -0.466 e. The molecule has 0 unspecified atom stereocenters. The normalized spacial score (nSPS) is 10.6. The molecule has 0 atom stereocenters. The number of rotatable bonds is 2. The molecule has 0 bridgehead atoms. The van der Waals surface area contributed by atoms with Gasteiger partial charge in [-0.2, -0.15) is 0 Å². The number of aryl methyl sites for hydroxylation is 4. The lowest BCUT2D eigenvalue weighted by molar-refractivity contribution is 0.102. The molecule has 1 amide bonds. The van der Waals surface area contributed by atoms with Crippen molar-refractivity contribution in [2.24, 2.45) is 0 Å². The highest BCUT2D eigenvalue weighted by Crippen LogP contribution is 2.28. The van der Waals surface area contributed by atoms with Gasteiger partial charge in [0.25, 0.3) is 5.91 Å². The minimum atomic E-state index is -0.205. The summed E-state index contributed by atoms with van der Waals surface area (Å²) in [7, 11) is 0. The summed E-state index contributed by atoms with van der Waals surface area (Å²) in [6, 6.07) is 5.54. The molecule has 100 valence electrons. The highest BCUT2D eigenvalue weighted by molar-refractivity contribution is 6.34. The van der Waals surface area contributed by atoms with Gasteiger partial charge in [0.05, 0.1) is 16.3 Å². The van der Waals surface area contributed by atoms with Crippen LogP contribution in [0.2, 0.25) is 5.02 Å². The van der Waals surface area contributed by atoms with Gasteiger partial charge in [-0.3, -0.25) is 4.79 Å². The van der Waals surface area contributed by atoms with E-state index in [0.717, 1.165) is 16.9 Å². The second kappa shape index (κ2) is 5.10. The van der Waals surface area contributed by atoms with Crippen LogP contribution in [0.15, 0.2) is 22.6 Å². The van der Waals surface area contributed by atoms with Crippen LogP contribution in [0, 0.1) is 27.7 Å². The Labute approximate surface area is 117 Å². The quantitative estimate of drug-likeness (QED) is 0.883. The van der Waals surface area contributed by atoms with E-state index < -0.39 is 0 Å². The van der Waals surface area contributed by atoms with E-state index >= 15 is 0 Å². The van der Waals surface area contributed by atoms with Crippen LogP contribution < -0.4 is 5.32 Å². The molecule has 1 N–H and O–H groups in total. The van der Waals surface area contributed by atoms with Crippen molar-refractivity contribution in [3.8, 4) is 0 Å². The first kappa shape index (κ1) is 13.7. The van der Waals surface area contributed by atoms with Crippen LogP contribution in [0.4, 0.5) is 5.69 Å². The van der Waals surface area contributed by atoms with Gasteiger partial charge >= 0.3 is 0 Å². The van der Waals surface area contributed by atoms with Crippen LogP contribution >= 0.6 is 11.6 Å². The van der Waals surface area contributed by atoms with Crippen molar-refractivity contribution in [2.45, 2.75) is 27.7 Å². The molecule has 2 rings (SSSR count). The van der Waals surface area contributed by atoms with Gasteiger partial charge in [0.15, 0.2) is 0 Å². The number of halogens is 1. The summed E-state index contributed by atoms with van der Waals surface area (Å²) in [4.78, 5) is 12.2. The van der Waals surface area contributed by atoms with Crippen LogP contribution in [0.1, 0.15) is 33.0 Å². The number of carbonyl (C=O) groups excluding carboxylic acids is 1. The van der Waals surface area contributed by atoms with Crippen LogP contribution in [-0.4, -0.2) is 5.91 Å². The summed E-state index contributed by atoms with van der Waals surface area (Å²) in [5, 5.41) is 3.39. The Bertz CT molecular complexity index is 621. The maximum atomic E-state index is 12.2. The van der Waals surface area contributed by atoms with Crippen molar-refractivity contribution < 1.29 is 9.21 Å². The topological polar surface area (TPSA) is 42.2 Å². The highest BCUT2D eigenvalue weighted by Gasteiger charge is 2.16. The molecule has 3 nitrogen and oxygen atoms in total. The Morgan fingerprint density at radius 1 is 1.16 bits per heavy atom. The van der Waals surface area contributed by atoms with E-state index in [1.54, 1.807) is 13.0 Å². The number of nitrogens with one attached hydrogen (secondary N) is 1. The highest BCUT2D eigenvalue weighted by atomic mass is 35.5. The van der Waals surface area contributed by atoms with Crippen molar-refractivity contribution >= 4 is 23.2 Å². The Hall–Kier alpha value is -1.74. The van der Waals surface area contributed by atoms with E-state index in [0.29, 0.717) is 22.0 Å². The fraction of sp³-hybridized carbons (Fsp3) is 0.267. The third kappa shape index (κ3) is 2.82. The number of benzene rings is 1. The molecular formula is C15H16ClNO2. The largest absolute Gasteiger partial charge is 0.466 e.